The van der Waals surface area contributed by atoms with Gasteiger partial charge >= 0.3 is 0 Å². The van der Waals surface area contributed by atoms with Crippen LogP contribution in [0.3, 0.4) is 0 Å². The average molecular weight is 346 g/mol. The Hall–Kier alpha value is -2.87. The highest BCUT2D eigenvalue weighted by atomic mass is 16.1. The van der Waals surface area contributed by atoms with Gasteiger partial charge in [-0.15, -0.1) is 0 Å². The summed E-state index contributed by atoms with van der Waals surface area (Å²) < 4.78 is 43.4. The third-order valence-corrected chi connectivity index (χ3v) is 4.68. The average Bonchev–Trinajstić information content (AvgIpc) is 3.08. The predicted molar refractivity (Wildman–Crippen MR) is 109 cm³/mol. The molecule has 130 valence electrons. The third-order valence-electron chi connectivity index (χ3n) is 4.68. The van der Waals surface area contributed by atoms with Gasteiger partial charge in [-0.25, -0.2) is 0 Å². The van der Waals surface area contributed by atoms with Crippen molar-refractivity contribution in [3.8, 4) is 0 Å². The first-order valence-electron chi connectivity index (χ1n) is 11.5. The molecule has 0 N–H and O–H groups in total. The van der Waals surface area contributed by atoms with E-state index in [4.69, 9.17) is 6.85 Å². The van der Waals surface area contributed by atoms with E-state index in [1.54, 1.807) is 16.7 Å². The molecule has 0 bridgehead atoms. The van der Waals surface area contributed by atoms with Gasteiger partial charge in [0.15, 0.2) is 5.78 Å². The fourth-order valence-corrected chi connectivity index (χ4v) is 3.35. The smallest absolute Gasteiger partial charge is 0.195 e. The Balaban J connectivity index is 2.03. The van der Waals surface area contributed by atoms with Crippen LogP contribution < -0.4 is 0 Å². The molecule has 0 atom stereocenters. The molecule has 3 aromatic carbocycles. The lowest BCUT2D eigenvalue weighted by Crippen LogP contribution is -2.02. The van der Waals surface area contributed by atoms with Gasteiger partial charge in [0.25, 0.3) is 0 Å². The normalized spacial score (nSPS) is 14.0. The van der Waals surface area contributed by atoms with Gasteiger partial charge in [0.05, 0.1) is 6.85 Å². The second-order valence-electron chi connectivity index (χ2n) is 6.42. The summed E-state index contributed by atoms with van der Waals surface area (Å²) in [6.45, 7) is 2.49. The number of benzene rings is 3. The number of fused-ring (bicyclic) bond motifs is 2. The van der Waals surface area contributed by atoms with E-state index in [0.29, 0.717) is 12.1 Å². The van der Waals surface area contributed by atoms with Crippen LogP contribution in [0.5, 0.6) is 0 Å². The van der Waals surface area contributed by atoms with Gasteiger partial charge < -0.3 is 4.57 Å². The number of rotatable bonds is 6. The molecule has 0 saturated heterocycles. The molecule has 1 heterocycles. The summed E-state index contributed by atoms with van der Waals surface area (Å²) in [6, 6.07) is 11.7. The zero-order valence-electron chi connectivity index (χ0n) is 19.7. The second kappa shape index (κ2) is 7.17. The minimum absolute atomic E-state index is 0.0369. The van der Waals surface area contributed by atoms with Crippen LogP contribution >= 0.6 is 0 Å². The monoisotopic (exact) mass is 346 g/mol. The van der Waals surface area contributed by atoms with Gasteiger partial charge in [-0.2, -0.15) is 0 Å². The highest BCUT2D eigenvalue weighted by molar-refractivity contribution is 6.21. The zero-order valence-corrected chi connectivity index (χ0v) is 14.7. The molecule has 0 fully saturated rings. The largest absolute Gasteiger partial charge is 0.347 e. The Morgan fingerprint density at radius 2 is 1.77 bits per heavy atom. The van der Waals surface area contributed by atoms with E-state index in [1.807, 2.05) is 30.3 Å². The van der Waals surface area contributed by atoms with Crippen molar-refractivity contribution in [2.75, 3.05) is 0 Å². The number of carbonyl (C=O) groups is 1. The molecule has 0 aliphatic rings. The SMILES string of the molecule is [2H]c1c([2H])c([2H])c2c(c1[2H])c(C(=O)c1cccc3ccccc13)c([2H])n2CCCCC. The van der Waals surface area contributed by atoms with Crippen molar-refractivity contribution in [2.45, 2.75) is 32.7 Å². The molecule has 0 radical (unpaired) electrons. The van der Waals surface area contributed by atoms with Crippen LogP contribution in [-0.4, -0.2) is 10.4 Å². The lowest BCUT2D eigenvalue weighted by atomic mass is 9.97. The fraction of sp³-hybridized carbons (Fsp3) is 0.208. The lowest BCUT2D eigenvalue weighted by Gasteiger charge is -2.05. The molecular formula is C24H23NO. The molecule has 0 spiro atoms. The number of para-hydroxylation sites is 1. The first-order chi connectivity index (χ1) is 14.9. The Labute approximate surface area is 161 Å². The van der Waals surface area contributed by atoms with Crippen LogP contribution in [-0.2, 0) is 6.54 Å². The molecule has 0 aliphatic heterocycles. The van der Waals surface area contributed by atoms with Crippen molar-refractivity contribution in [1.82, 2.24) is 4.57 Å². The second-order valence-corrected chi connectivity index (χ2v) is 6.42. The maximum Gasteiger partial charge on any atom is 0.195 e. The van der Waals surface area contributed by atoms with Crippen LogP contribution in [0.2, 0.25) is 0 Å². The van der Waals surface area contributed by atoms with E-state index < -0.39 is 11.8 Å². The van der Waals surface area contributed by atoms with Crippen LogP contribution in [0.4, 0.5) is 0 Å². The summed E-state index contributed by atoms with van der Waals surface area (Å²) in [5, 5.41) is 1.78. The highest BCUT2D eigenvalue weighted by Gasteiger charge is 2.18. The quantitative estimate of drug-likeness (QED) is 0.300. The minimum Gasteiger partial charge on any atom is -0.347 e. The summed E-state index contributed by atoms with van der Waals surface area (Å²) >= 11 is 0. The van der Waals surface area contributed by atoms with Crippen LogP contribution in [0.1, 0.15) is 49.0 Å². The van der Waals surface area contributed by atoms with E-state index >= 15 is 0 Å². The molecule has 4 rings (SSSR count). The summed E-state index contributed by atoms with van der Waals surface area (Å²) in [6.07, 6.45) is 2.61. The first kappa shape index (κ1) is 11.7. The fourth-order valence-electron chi connectivity index (χ4n) is 3.35. The summed E-state index contributed by atoms with van der Waals surface area (Å²) in [5.74, 6) is -0.397. The molecule has 4 aromatic rings. The number of hydrogen-bond donors (Lipinski definition) is 0. The van der Waals surface area contributed by atoms with Gasteiger partial charge in [0, 0.05) is 34.7 Å². The van der Waals surface area contributed by atoms with Crippen LogP contribution in [0, 0.1) is 0 Å². The lowest BCUT2D eigenvalue weighted by molar-refractivity contribution is 0.104. The van der Waals surface area contributed by atoms with E-state index in [2.05, 4.69) is 6.92 Å². The predicted octanol–water partition coefficient (Wildman–Crippen LogP) is 6.22. The van der Waals surface area contributed by atoms with Crippen molar-refractivity contribution in [3.63, 3.8) is 0 Å². The Morgan fingerprint density at radius 3 is 2.65 bits per heavy atom. The number of unbranched alkanes of at least 4 members (excludes halogenated alkanes) is 2. The molecule has 1 aromatic heterocycles. The third kappa shape index (κ3) is 2.92. The van der Waals surface area contributed by atoms with Crippen LogP contribution in [0.25, 0.3) is 21.7 Å². The van der Waals surface area contributed by atoms with Crippen molar-refractivity contribution in [1.29, 1.82) is 0 Å². The number of aryl methyl sites for hydroxylation is 1. The summed E-state index contributed by atoms with van der Waals surface area (Å²) in [7, 11) is 0. The Morgan fingerprint density at radius 1 is 0.962 bits per heavy atom. The molecule has 0 amide bonds. The van der Waals surface area contributed by atoms with Crippen molar-refractivity contribution >= 4 is 27.5 Å². The molecule has 2 nitrogen and oxygen atoms in total. The summed E-state index contributed by atoms with van der Waals surface area (Å²) in [4.78, 5) is 13.7. The molecular weight excluding hydrogens is 318 g/mol. The van der Waals surface area contributed by atoms with Crippen molar-refractivity contribution < 1.29 is 11.6 Å². The van der Waals surface area contributed by atoms with E-state index in [-0.39, 0.29) is 40.8 Å². The number of ketones is 1. The molecule has 0 aliphatic carbocycles. The number of aromatic nitrogens is 1. The maximum atomic E-state index is 13.7. The van der Waals surface area contributed by atoms with E-state index in [1.165, 1.54) is 0 Å². The zero-order chi connectivity index (χ0) is 22.3. The molecule has 2 heteroatoms. The van der Waals surface area contributed by atoms with E-state index in [9.17, 15) is 4.79 Å². The summed E-state index contributed by atoms with van der Waals surface area (Å²) in [5.41, 5.74) is 0.692. The first-order valence-corrected chi connectivity index (χ1v) is 9.00. The minimum atomic E-state index is -0.397. The topological polar surface area (TPSA) is 22.0 Å². The number of nitrogens with zero attached hydrogens (tertiary/aromatic N) is 1. The highest BCUT2D eigenvalue weighted by Crippen LogP contribution is 2.27. The van der Waals surface area contributed by atoms with Crippen molar-refractivity contribution in [3.05, 3.63) is 83.9 Å². The van der Waals surface area contributed by atoms with Crippen LogP contribution in [0.15, 0.2) is 72.8 Å². The maximum absolute atomic E-state index is 13.7. The van der Waals surface area contributed by atoms with Crippen molar-refractivity contribution in [2.24, 2.45) is 0 Å². The van der Waals surface area contributed by atoms with Gasteiger partial charge in [0.1, 0.15) is 0 Å². The van der Waals surface area contributed by atoms with E-state index in [0.717, 1.165) is 30.0 Å². The van der Waals surface area contributed by atoms with Gasteiger partial charge in [-0.05, 0) is 23.2 Å². The number of carbonyl (C=O) groups excluding carboxylic acids is 1. The molecule has 0 unspecified atom stereocenters. The molecule has 26 heavy (non-hydrogen) atoms. The molecule has 0 saturated carbocycles. The Bertz CT molecular complexity index is 1320. The van der Waals surface area contributed by atoms with Gasteiger partial charge in [0.2, 0.25) is 0 Å². The standard InChI is InChI=1S/C24H23NO/c1-2-3-8-16-25-17-22(20-13-6-7-15-23(20)25)24(26)21-14-9-11-18-10-4-5-12-19(18)21/h4-7,9-15,17H,2-3,8,16H2,1H3/i6D,7D,13D,15D,17D. The van der Waals surface area contributed by atoms with Gasteiger partial charge in [-0.1, -0.05) is 80.4 Å². The number of hydrogen-bond acceptors (Lipinski definition) is 1. The Kier molecular flexibility index (Phi) is 3.22. The van der Waals surface area contributed by atoms with Gasteiger partial charge in [-0.3, -0.25) is 4.79 Å².